The third-order valence-electron chi connectivity index (χ3n) is 6.94. The lowest BCUT2D eigenvalue weighted by Crippen LogP contribution is -2.50. The summed E-state index contributed by atoms with van der Waals surface area (Å²) in [5.41, 5.74) is -0.0169. The number of ether oxygens (including phenoxy) is 2. The highest BCUT2D eigenvalue weighted by Gasteiger charge is 2.53. The number of nitrogens with one attached hydrogen (secondary N) is 2. The highest BCUT2D eigenvalue weighted by molar-refractivity contribution is 6.08. The second-order valence-electron chi connectivity index (χ2n) is 10.2. The summed E-state index contributed by atoms with van der Waals surface area (Å²) < 4.78 is 10.3. The number of imide groups is 1. The van der Waals surface area contributed by atoms with Gasteiger partial charge in [-0.05, 0) is 50.0 Å². The summed E-state index contributed by atoms with van der Waals surface area (Å²) in [6.45, 7) is 7.30. The lowest BCUT2D eigenvalue weighted by Gasteiger charge is -2.40. The van der Waals surface area contributed by atoms with Crippen molar-refractivity contribution < 1.29 is 28.7 Å². The van der Waals surface area contributed by atoms with E-state index in [1.807, 2.05) is 18.2 Å². The molecule has 0 aromatic heterocycles. The Bertz CT molecular complexity index is 946. The maximum absolute atomic E-state index is 13.0. The highest BCUT2D eigenvalue weighted by atomic mass is 16.5. The fraction of sp³-hybridized carbons (Fsp3) is 0.600. The summed E-state index contributed by atoms with van der Waals surface area (Å²) in [6, 6.07) is 6.33. The van der Waals surface area contributed by atoms with E-state index in [1.165, 1.54) is 0 Å². The van der Waals surface area contributed by atoms with E-state index in [9.17, 15) is 19.2 Å². The molecule has 186 valence electrons. The van der Waals surface area contributed by atoms with Crippen molar-refractivity contribution in [1.82, 2.24) is 15.5 Å². The van der Waals surface area contributed by atoms with E-state index in [0.29, 0.717) is 24.5 Å². The van der Waals surface area contributed by atoms with Crippen LogP contribution in [0.5, 0.6) is 5.75 Å². The molecular formula is C25H35N3O6. The molecule has 1 aromatic rings. The molecule has 2 aliphatic rings. The largest absolute Gasteiger partial charge is 0.496 e. The molecule has 0 radical (unpaired) electrons. The Labute approximate surface area is 200 Å². The topological polar surface area (TPSA) is 114 Å². The van der Waals surface area contributed by atoms with Crippen molar-refractivity contribution in [3.8, 4) is 5.75 Å². The van der Waals surface area contributed by atoms with Gasteiger partial charge in [-0.1, -0.05) is 39.0 Å². The molecule has 34 heavy (non-hydrogen) atoms. The highest BCUT2D eigenvalue weighted by Crippen LogP contribution is 2.43. The molecule has 1 saturated carbocycles. The van der Waals surface area contributed by atoms with Crippen LogP contribution in [0, 0.1) is 11.3 Å². The Balaban J connectivity index is 1.50. The van der Waals surface area contributed by atoms with Crippen LogP contribution in [0.3, 0.4) is 0 Å². The number of benzene rings is 1. The van der Waals surface area contributed by atoms with Crippen LogP contribution in [0.1, 0.15) is 65.0 Å². The predicted octanol–water partition coefficient (Wildman–Crippen LogP) is 2.94. The minimum atomic E-state index is -0.944. The maximum Gasteiger partial charge on any atom is 0.326 e. The lowest BCUT2D eigenvalue weighted by atomic mass is 9.67. The van der Waals surface area contributed by atoms with E-state index < -0.39 is 42.5 Å². The third-order valence-corrected chi connectivity index (χ3v) is 6.94. The minimum Gasteiger partial charge on any atom is -0.496 e. The number of para-hydroxylation sites is 1. The zero-order valence-electron chi connectivity index (χ0n) is 20.6. The van der Waals surface area contributed by atoms with Crippen molar-refractivity contribution in [2.45, 2.75) is 65.0 Å². The van der Waals surface area contributed by atoms with Crippen LogP contribution in [0.4, 0.5) is 4.79 Å². The Morgan fingerprint density at radius 2 is 1.85 bits per heavy atom. The van der Waals surface area contributed by atoms with Crippen LogP contribution < -0.4 is 15.4 Å². The number of esters is 1. The number of carbonyl (C=O) groups is 4. The summed E-state index contributed by atoms with van der Waals surface area (Å²) in [6.07, 6.45) is 2.76. The summed E-state index contributed by atoms with van der Waals surface area (Å²) in [5.74, 6) is -0.601. The van der Waals surface area contributed by atoms with Gasteiger partial charge in [0.1, 0.15) is 17.8 Å². The normalized spacial score (nSPS) is 23.4. The van der Waals surface area contributed by atoms with E-state index in [0.717, 1.165) is 23.3 Å². The molecule has 0 bridgehead atoms. The number of hydrogen-bond donors (Lipinski definition) is 2. The molecule has 3 rings (SSSR count). The zero-order valence-corrected chi connectivity index (χ0v) is 20.6. The molecule has 1 spiro atoms. The van der Waals surface area contributed by atoms with Gasteiger partial charge < -0.3 is 20.1 Å². The SMILES string of the molecule is COc1ccccc1C(C)NC(=O)COC(=O)CN1C(=O)NC2(CCC(C(C)(C)C)CC2)C1=O. The van der Waals surface area contributed by atoms with Gasteiger partial charge in [0.2, 0.25) is 0 Å². The first-order valence-corrected chi connectivity index (χ1v) is 11.7. The fourth-order valence-electron chi connectivity index (χ4n) is 4.84. The number of methoxy groups -OCH3 is 1. The van der Waals surface area contributed by atoms with E-state index in [-0.39, 0.29) is 11.5 Å². The van der Waals surface area contributed by atoms with Gasteiger partial charge in [-0.15, -0.1) is 0 Å². The molecule has 1 unspecified atom stereocenters. The van der Waals surface area contributed by atoms with Crippen LogP contribution in [0.15, 0.2) is 24.3 Å². The standard InChI is InChI=1S/C25H35N3O6/c1-16(18-8-6-7-9-19(18)33-5)26-20(29)15-34-21(30)14-28-22(31)25(27-23(28)32)12-10-17(11-13-25)24(2,3)4/h6-9,16-17H,10-15H2,1-5H3,(H,26,29)(H,27,32). The van der Waals surface area contributed by atoms with Gasteiger partial charge in [0.05, 0.1) is 13.2 Å². The molecule has 1 aliphatic carbocycles. The Hall–Kier alpha value is -3.10. The Morgan fingerprint density at radius 1 is 1.21 bits per heavy atom. The van der Waals surface area contributed by atoms with Crippen molar-refractivity contribution in [2.24, 2.45) is 11.3 Å². The van der Waals surface area contributed by atoms with Crippen molar-refractivity contribution in [3.63, 3.8) is 0 Å². The van der Waals surface area contributed by atoms with Gasteiger partial charge in [-0.2, -0.15) is 0 Å². The van der Waals surface area contributed by atoms with Crippen LogP contribution >= 0.6 is 0 Å². The van der Waals surface area contributed by atoms with Gasteiger partial charge in [0, 0.05) is 5.56 Å². The van der Waals surface area contributed by atoms with E-state index >= 15 is 0 Å². The number of rotatable bonds is 7. The molecule has 1 saturated heterocycles. The van der Waals surface area contributed by atoms with Gasteiger partial charge in [-0.25, -0.2) is 4.79 Å². The van der Waals surface area contributed by atoms with Gasteiger partial charge in [0.25, 0.3) is 11.8 Å². The van der Waals surface area contributed by atoms with E-state index in [2.05, 4.69) is 31.4 Å². The summed E-state index contributed by atoms with van der Waals surface area (Å²) in [4.78, 5) is 51.0. The average Bonchev–Trinajstić information content (AvgIpc) is 3.01. The lowest BCUT2D eigenvalue weighted by molar-refractivity contribution is -0.151. The van der Waals surface area contributed by atoms with Crippen molar-refractivity contribution in [2.75, 3.05) is 20.3 Å². The minimum absolute atomic E-state index is 0.139. The summed E-state index contributed by atoms with van der Waals surface area (Å²) >= 11 is 0. The first kappa shape index (κ1) is 25.5. The Morgan fingerprint density at radius 3 is 2.47 bits per heavy atom. The van der Waals surface area contributed by atoms with Gasteiger partial charge >= 0.3 is 12.0 Å². The van der Waals surface area contributed by atoms with Crippen LogP contribution in [-0.4, -0.2) is 54.5 Å². The first-order chi connectivity index (χ1) is 16.0. The molecular weight excluding hydrogens is 438 g/mol. The van der Waals surface area contributed by atoms with Gasteiger partial charge in [-0.3, -0.25) is 19.3 Å². The summed E-state index contributed by atoms with van der Waals surface area (Å²) in [5, 5.41) is 5.55. The van der Waals surface area contributed by atoms with Crippen molar-refractivity contribution in [3.05, 3.63) is 29.8 Å². The van der Waals surface area contributed by atoms with Crippen LogP contribution in [0.25, 0.3) is 0 Å². The van der Waals surface area contributed by atoms with Gasteiger partial charge in [0.15, 0.2) is 6.61 Å². The third kappa shape index (κ3) is 5.51. The van der Waals surface area contributed by atoms with Crippen molar-refractivity contribution >= 4 is 23.8 Å². The second-order valence-corrected chi connectivity index (χ2v) is 10.2. The number of carbonyl (C=O) groups excluding carboxylic acids is 4. The number of hydrogen-bond acceptors (Lipinski definition) is 6. The molecule has 1 heterocycles. The smallest absolute Gasteiger partial charge is 0.326 e. The molecule has 2 N–H and O–H groups in total. The second kappa shape index (κ2) is 10.0. The first-order valence-electron chi connectivity index (χ1n) is 11.7. The molecule has 9 heteroatoms. The number of nitrogens with zero attached hydrogens (tertiary/aromatic N) is 1. The Kier molecular flexibility index (Phi) is 7.53. The monoisotopic (exact) mass is 473 g/mol. The number of amides is 4. The molecule has 4 amide bonds. The van der Waals surface area contributed by atoms with Crippen LogP contribution in [-0.2, 0) is 19.1 Å². The predicted molar refractivity (Wildman–Crippen MR) is 125 cm³/mol. The fourth-order valence-corrected chi connectivity index (χ4v) is 4.84. The zero-order chi connectivity index (χ0) is 25.1. The molecule has 2 fully saturated rings. The maximum atomic E-state index is 13.0. The summed E-state index contributed by atoms with van der Waals surface area (Å²) in [7, 11) is 1.55. The number of urea groups is 1. The molecule has 1 atom stereocenters. The molecule has 1 aromatic carbocycles. The molecule has 1 aliphatic heterocycles. The van der Waals surface area contributed by atoms with Crippen molar-refractivity contribution in [1.29, 1.82) is 0 Å². The average molecular weight is 474 g/mol. The van der Waals surface area contributed by atoms with E-state index in [1.54, 1.807) is 20.1 Å². The van der Waals surface area contributed by atoms with Crippen LogP contribution in [0.2, 0.25) is 0 Å². The molecule has 9 nitrogen and oxygen atoms in total. The quantitative estimate of drug-likeness (QED) is 0.465. The van der Waals surface area contributed by atoms with E-state index in [4.69, 9.17) is 9.47 Å².